The van der Waals surface area contributed by atoms with Gasteiger partial charge in [-0.15, -0.1) is 0 Å². The number of benzene rings is 1. The molecule has 3 rings (SSSR count). The highest BCUT2D eigenvalue weighted by molar-refractivity contribution is 5.79. The molecule has 0 aliphatic rings. The maximum absolute atomic E-state index is 4.50. The minimum absolute atomic E-state index is 0.0922. The van der Waals surface area contributed by atoms with Gasteiger partial charge in [-0.25, -0.2) is 4.98 Å². The van der Waals surface area contributed by atoms with E-state index >= 15 is 0 Å². The zero-order chi connectivity index (χ0) is 13.9. The fourth-order valence-electron chi connectivity index (χ4n) is 2.57. The van der Waals surface area contributed by atoms with E-state index in [1.54, 1.807) is 0 Å². The lowest BCUT2D eigenvalue weighted by Gasteiger charge is -2.18. The number of pyridine rings is 1. The molecule has 0 aliphatic heterocycles. The molecule has 0 radical (unpaired) electrons. The summed E-state index contributed by atoms with van der Waals surface area (Å²) in [6, 6.07) is 10.5. The number of imidazole rings is 1. The van der Waals surface area contributed by atoms with Gasteiger partial charge >= 0.3 is 0 Å². The average Bonchev–Trinajstić information content (AvgIpc) is 2.96. The van der Waals surface area contributed by atoms with Gasteiger partial charge in [-0.05, 0) is 37.7 Å². The summed E-state index contributed by atoms with van der Waals surface area (Å²) in [6.45, 7) is 3.05. The number of nitrogens with zero attached hydrogens (tertiary/aromatic N) is 3. The van der Waals surface area contributed by atoms with Crippen LogP contribution in [0.2, 0.25) is 0 Å². The van der Waals surface area contributed by atoms with E-state index in [1.165, 1.54) is 5.56 Å². The van der Waals surface area contributed by atoms with Gasteiger partial charge in [0.25, 0.3) is 0 Å². The Morgan fingerprint density at radius 1 is 1.20 bits per heavy atom. The second-order valence-corrected chi connectivity index (χ2v) is 4.75. The predicted octanol–water partition coefficient (Wildman–Crippen LogP) is 2.76. The number of aryl methyl sites for hydroxylation is 1. The maximum Gasteiger partial charge on any atom is 0.130 e. The van der Waals surface area contributed by atoms with Crippen molar-refractivity contribution in [1.29, 1.82) is 0 Å². The Kier molecular flexibility index (Phi) is 3.48. The normalized spacial score (nSPS) is 12.7. The second-order valence-electron chi connectivity index (χ2n) is 4.75. The van der Waals surface area contributed by atoms with E-state index in [4.69, 9.17) is 0 Å². The van der Waals surface area contributed by atoms with Crippen molar-refractivity contribution in [2.75, 3.05) is 7.05 Å². The van der Waals surface area contributed by atoms with Crippen LogP contribution in [0.15, 0.2) is 48.9 Å². The number of rotatable bonds is 4. The lowest BCUT2D eigenvalue weighted by Crippen LogP contribution is -2.21. The summed E-state index contributed by atoms with van der Waals surface area (Å²) >= 11 is 0. The third-order valence-corrected chi connectivity index (χ3v) is 3.60. The van der Waals surface area contributed by atoms with Gasteiger partial charge in [0.1, 0.15) is 5.82 Å². The van der Waals surface area contributed by atoms with Crippen LogP contribution in [0.3, 0.4) is 0 Å². The topological polar surface area (TPSA) is 42.7 Å². The van der Waals surface area contributed by atoms with E-state index in [1.807, 2.05) is 31.7 Å². The lowest BCUT2D eigenvalue weighted by atomic mass is 10.0. The van der Waals surface area contributed by atoms with E-state index < -0.39 is 0 Å². The zero-order valence-corrected chi connectivity index (χ0v) is 11.7. The number of hydrogen-bond acceptors (Lipinski definition) is 3. The Morgan fingerprint density at radius 3 is 2.90 bits per heavy atom. The van der Waals surface area contributed by atoms with Crippen LogP contribution in [0, 0.1) is 0 Å². The molecular weight excluding hydrogens is 248 g/mol. The first-order valence-electron chi connectivity index (χ1n) is 6.86. The van der Waals surface area contributed by atoms with E-state index in [9.17, 15) is 0 Å². The Bertz CT molecular complexity index is 717. The summed E-state index contributed by atoms with van der Waals surface area (Å²) in [5.74, 6) is 1.04. The molecule has 0 aliphatic carbocycles. The summed E-state index contributed by atoms with van der Waals surface area (Å²) in [5.41, 5.74) is 2.22. The Hall–Kier alpha value is -2.20. The molecule has 1 aromatic carbocycles. The Balaban J connectivity index is 2.07. The van der Waals surface area contributed by atoms with Crippen LogP contribution in [-0.4, -0.2) is 21.6 Å². The molecule has 0 spiro atoms. The van der Waals surface area contributed by atoms with E-state index in [0.29, 0.717) is 0 Å². The van der Waals surface area contributed by atoms with Crippen molar-refractivity contribution >= 4 is 10.9 Å². The van der Waals surface area contributed by atoms with E-state index in [0.717, 1.165) is 23.3 Å². The molecule has 0 amide bonds. The van der Waals surface area contributed by atoms with Gasteiger partial charge in [-0.3, -0.25) is 4.98 Å². The molecule has 4 nitrogen and oxygen atoms in total. The molecule has 2 heterocycles. The number of fused-ring (bicyclic) bond motifs is 1. The summed E-state index contributed by atoms with van der Waals surface area (Å²) in [5, 5.41) is 4.51. The van der Waals surface area contributed by atoms with Crippen LogP contribution in [0.4, 0.5) is 0 Å². The number of aromatic nitrogens is 3. The highest BCUT2D eigenvalue weighted by atomic mass is 15.1. The Labute approximate surface area is 118 Å². The predicted molar refractivity (Wildman–Crippen MR) is 80.5 cm³/mol. The first-order valence-corrected chi connectivity index (χ1v) is 6.86. The lowest BCUT2D eigenvalue weighted by molar-refractivity contribution is 0.591. The SMILES string of the molecule is CCn1ccnc1C(NC)c1ccc2ncccc2c1. The van der Waals surface area contributed by atoms with Crippen molar-refractivity contribution in [2.45, 2.75) is 19.5 Å². The van der Waals surface area contributed by atoms with Gasteiger partial charge in [-0.1, -0.05) is 12.1 Å². The molecule has 0 fully saturated rings. The van der Waals surface area contributed by atoms with Crippen LogP contribution in [-0.2, 0) is 6.54 Å². The molecule has 0 saturated heterocycles. The highest BCUT2D eigenvalue weighted by Crippen LogP contribution is 2.23. The van der Waals surface area contributed by atoms with Gasteiger partial charge in [0.15, 0.2) is 0 Å². The van der Waals surface area contributed by atoms with Crippen LogP contribution in [0.1, 0.15) is 24.4 Å². The van der Waals surface area contributed by atoms with Crippen molar-refractivity contribution in [3.63, 3.8) is 0 Å². The standard InChI is InChI=1S/C16H18N4/c1-3-20-10-9-19-16(20)15(17-2)13-6-7-14-12(11-13)5-4-8-18-14/h4-11,15,17H,3H2,1-2H3. The van der Waals surface area contributed by atoms with Crippen LogP contribution in [0.25, 0.3) is 10.9 Å². The first kappa shape index (κ1) is 12.8. The van der Waals surface area contributed by atoms with Crippen molar-refractivity contribution in [2.24, 2.45) is 0 Å². The molecule has 0 bridgehead atoms. The van der Waals surface area contributed by atoms with Gasteiger partial charge in [0.05, 0.1) is 11.6 Å². The van der Waals surface area contributed by atoms with Gasteiger partial charge in [0, 0.05) is 30.5 Å². The minimum atomic E-state index is 0.0922. The first-order chi connectivity index (χ1) is 9.83. The van der Waals surface area contributed by atoms with E-state index in [-0.39, 0.29) is 6.04 Å². The van der Waals surface area contributed by atoms with E-state index in [2.05, 4.69) is 51.0 Å². The number of nitrogens with one attached hydrogen (secondary N) is 1. The highest BCUT2D eigenvalue weighted by Gasteiger charge is 2.17. The Morgan fingerprint density at radius 2 is 2.10 bits per heavy atom. The molecule has 3 aromatic rings. The van der Waals surface area contributed by atoms with Crippen LogP contribution in [0.5, 0.6) is 0 Å². The second kappa shape index (κ2) is 5.43. The fourth-order valence-corrected chi connectivity index (χ4v) is 2.57. The molecular formula is C16H18N4. The monoisotopic (exact) mass is 266 g/mol. The van der Waals surface area contributed by atoms with Crippen LogP contribution >= 0.6 is 0 Å². The molecule has 102 valence electrons. The van der Waals surface area contributed by atoms with Crippen molar-refractivity contribution in [1.82, 2.24) is 19.9 Å². The van der Waals surface area contributed by atoms with Crippen LogP contribution < -0.4 is 5.32 Å². The molecule has 2 aromatic heterocycles. The molecule has 1 unspecified atom stereocenters. The summed E-state index contributed by atoms with van der Waals surface area (Å²) in [4.78, 5) is 8.86. The largest absolute Gasteiger partial charge is 0.334 e. The summed E-state index contributed by atoms with van der Waals surface area (Å²) < 4.78 is 2.16. The van der Waals surface area contributed by atoms with Gasteiger partial charge in [-0.2, -0.15) is 0 Å². The molecule has 4 heteroatoms. The molecule has 20 heavy (non-hydrogen) atoms. The van der Waals surface area contributed by atoms with Crippen molar-refractivity contribution in [3.8, 4) is 0 Å². The van der Waals surface area contributed by atoms with Crippen molar-refractivity contribution in [3.05, 3.63) is 60.3 Å². The summed E-state index contributed by atoms with van der Waals surface area (Å²) in [6.07, 6.45) is 5.69. The average molecular weight is 266 g/mol. The fraction of sp³-hybridized carbons (Fsp3) is 0.250. The molecule has 1 N–H and O–H groups in total. The smallest absolute Gasteiger partial charge is 0.130 e. The van der Waals surface area contributed by atoms with Gasteiger partial charge in [0.2, 0.25) is 0 Å². The van der Waals surface area contributed by atoms with Gasteiger partial charge < -0.3 is 9.88 Å². The quantitative estimate of drug-likeness (QED) is 0.789. The zero-order valence-electron chi connectivity index (χ0n) is 11.7. The minimum Gasteiger partial charge on any atom is -0.334 e. The maximum atomic E-state index is 4.50. The molecule has 0 saturated carbocycles. The third kappa shape index (κ3) is 2.18. The summed E-state index contributed by atoms with van der Waals surface area (Å²) in [7, 11) is 1.97. The molecule has 1 atom stereocenters. The number of hydrogen-bond donors (Lipinski definition) is 1. The van der Waals surface area contributed by atoms with Crippen molar-refractivity contribution < 1.29 is 0 Å². The third-order valence-electron chi connectivity index (χ3n) is 3.60.